The molecule has 0 amide bonds. The Labute approximate surface area is 107 Å². The van der Waals surface area contributed by atoms with Gasteiger partial charge in [-0.3, -0.25) is 4.90 Å². The summed E-state index contributed by atoms with van der Waals surface area (Å²) < 4.78 is 37.3. The molecule has 1 rings (SSSR count). The van der Waals surface area contributed by atoms with Gasteiger partial charge in [0.05, 0.1) is 0 Å². The maximum Gasteiger partial charge on any atom is 0.412 e. The van der Waals surface area contributed by atoms with E-state index in [9.17, 15) is 13.2 Å². The van der Waals surface area contributed by atoms with E-state index in [0.717, 1.165) is 19.4 Å². The Bertz CT molecular complexity index is 295. The largest absolute Gasteiger partial charge is 0.412 e. The third-order valence-corrected chi connectivity index (χ3v) is 3.54. The Morgan fingerprint density at radius 2 is 2.00 bits per heavy atom. The van der Waals surface area contributed by atoms with E-state index in [1.54, 1.807) is 0 Å². The van der Waals surface area contributed by atoms with Crippen LogP contribution < -0.4 is 5.73 Å². The summed E-state index contributed by atoms with van der Waals surface area (Å²) in [6, 6.07) is 0. The minimum atomic E-state index is -4.15. The first-order valence-electron chi connectivity index (χ1n) is 6.43. The Kier molecular flexibility index (Phi) is 5.22. The van der Waals surface area contributed by atoms with Gasteiger partial charge in [0.1, 0.15) is 0 Å². The van der Waals surface area contributed by atoms with Gasteiger partial charge in [-0.1, -0.05) is 19.9 Å². The number of nitrogens with zero attached hydrogens (tertiary/aromatic N) is 1. The molecule has 1 heterocycles. The molecule has 0 aliphatic carbocycles. The smallest absolute Gasteiger partial charge is 0.330 e. The van der Waals surface area contributed by atoms with Crippen LogP contribution in [0.3, 0.4) is 0 Å². The molecule has 0 radical (unpaired) electrons. The van der Waals surface area contributed by atoms with E-state index in [1.807, 2.05) is 0 Å². The van der Waals surface area contributed by atoms with Crippen LogP contribution in [0.15, 0.2) is 11.6 Å². The molecule has 0 bridgehead atoms. The molecule has 2 nitrogen and oxygen atoms in total. The first kappa shape index (κ1) is 15.5. The third-order valence-electron chi connectivity index (χ3n) is 3.54. The van der Waals surface area contributed by atoms with Gasteiger partial charge in [0.2, 0.25) is 0 Å². The zero-order chi connectivity index (χ0) is 13.8. The van der Waals surface area contributed by atoms with Gasteiger partial charge in [-0.25, -0.2) is 0 Å². The lowest BCUT2D eigenvalue weighted by atomic mass is 9.88. The maximum atomic E-state index is 12.4. The Balaban J connectivity index is 2.30. The van der Waals surface area contributed by atoms with Gasteiger partial charge in [0, 0.05) is 18.7 Å². The molecule has 0 aromatic carbocycles. The van der Waals surface area contributed by atoms with Crippen molar-refractivity contribution in [3.63, 3.8) is 0 Å². The second-order valence-electron chi connectivity index (χ2n) is 5.75. The highest BCUT2D eigenvalue weighted by Gasteiger charge is 2.34. The fourth-order valence-corrected chi connectivity index (χ4v) is 2.06. The van der Waals surface area contributed by atoms with Crippen LogP contribution >= 0.6 is 0 Å². The third kappa shape index (κ3) is 4.98. The average Bonchev–Trinajstić information content (AvgIpc) is 2.28. The summed E-state index contributed by atoms with van der Waals surface area (Å²) in [7, 11) is 0. The quantitative estimate of drug-likeness (QED) is 0.774. The highest BCUT2D eigenvalue weighted by Crippen LogP contribution is 2.30. The van der Waals surface area contributed by atoms with Crippen molar-refractivity contribution in [3.8, 4) is 0 Å². The minimum absolute atomic E-state index is 0.115. The topological polar surface area (TPSA) is 29.3 Å². The highest BCUT2D eigenvalue weighted by molar-refractivity contribution is 5.12. The van der Waals surface area contributed by atoms with Gasteiger partial charge in [0.25, 0.3) is 0 Å². The maximum absolute atomic E-state index is 12.4. The summed E-state index contributed by atoms with van der Waals surface area (Å²) in [4.78, 5) is 2.07. The lowest BCUT2D eigenvalue weighted by Crippen LogP contribution is -2.33. The van der Waals surface area contributed by atoms with Crippen LogP contribution in [-0.2, 0) is 0 Å². The molecule has 0 fully saturated rings. The SMILES string of the molecule is CC(C)(CN)CCCN1CC=C(C(F)(F)F)CC1. The lowest BCUT2D eigenvalue weighted by molar-refractivity contribution is -0.0960. The van der Waals surface area contributed by atoms with Crippen molar-refractivity contribution in [2.75, 3.05) is 26.2 Å². The molecular weight excluding hydrogens is 241 g/mol. The van der Waals surface area contributed by atoms with Gasteiger partial charge in [0.15, 0.2) is 0 Å². The van der Waals surface area contributed by atoms with Crippen molar-refractivity contribution >= 4 is 0 Å². The molecule has 106 valence electrons. The van der Waals surface area contributed by atoms with E-state index < -0.39 is 6.18 Å². The zero-order valence-corrected chi connectivity index (χ0v) is 11.2. The van der Waals surface area contributed by atoms with Crippen LogP contribution in [0.4, 0.5) is 13.2 Å². The minimum Gasteiger partial charge on any atom is -0.330 e. The standard InChI is InChI=1S/C13H23F3N2/c1-12(2,10-17)6-3-7-18-8-4-11(5-9-18)13(14,15)16/h4H,3,5-10,17H2,1-2H3. The fourth-order valence-electron chi connectivity index (χ4n) is 2.06. The molecule has 1 aliphatic rings. The molecule has 2 N–H and O–H groups in total. The van der Waals surface area contributed by atoms with Crippen LogP contribution in [-0.4, -0.2) is 37.3 Å². The van der Waals surface area contributed by atoms with Gasteiger partial charge < -0.3 is 5.73 Å². The van der Waals surface area contributed by atoms with Crippen LogP contribution in [0.1, 0.15) is 33.1 Å². The average molecular weight is 264 g/mol. The fraction of sp³-hybridized carbons (Fsp3) is 0.846. The molecule has 0 unspecified atom stereocenters. The zero-order valence-electron chi connectivity index (χ0n) is 11.2. The number of alkyl halides is 3. The monoisotopic (exact) mass is 264 g/mol. The van der Waals surface area contributed by atoms with E-state index in [-0.39, 0.29) is 17.4 Å². The molecule has 18 heavy (non-hydrogen) atoms. The highest BCUT2D eigenvalue weighted by atomic mass is 19.4. The molecule has 0 saturated heterocycles. The summed E-state index contributed by atoms with van der Waals surface area (Å²) in [5.74, 6) is 0. The van der Waals surface area contributed by atoms with Crippen molar-refractivity contribution in [2.45, 2.75) is 39.3 Å². The van der Waals surface area contributed by atoms with Gasteiger partial charge in [-0.2, -0.15) is 13.2 Å². The van der Waals surface area contributed by atoms with Crippen LogP contribution in [0.25, 0.3) is 0 Å². The summed E-state index contributed by atoms with van der Waals surface area (Å²) in [6.07, 6.45) is -0.718. The van der Waals surface area contributed by atoms with Crippen LogP contribution in [0.5, 0.6) is 0 Å². The summed E-state index contributed by atoms with van der Waals surface area (Å²) in [5.41, 5.74) is 5.40. The molecule has 1 aliphatic heterocycles. The second-order valence-corrected chi connectivity index (χ2v) is 5.75. The van der Waals surface area contributed by atoms with Crippen molar-refractivity contribution in [3.05, 3.63) is 11.6 Å². The van der Waals surface area contributed by atoms with Crippen LogP contribution in [0.2, 0.25) is 0 Å². The molecule has 0 aromatic heterocycles. The second kappa shape index (κ2) is 6.06. The summed E-state index contributed by atoms with van der Waals surface area (Å²) in [5, 5.41) is 0. The molecular formula is C13H23F3N2. The van der Waals surface area contributed by atoms with E-state index in [4.69, 9.17) is 5.73 Å². The van der Waals surface area contributed by atoms with Crippen molar-refractivity contribution in [1.29, 1.82) is 0 Å². The molecule has 0 aromatic rings. The molecule has 5 heteroatoms. The Morgan fingerprint density at radius 3 is 2.44 bits per heavy atom. The first-order chi connectivity index (χ1) is 8.24. The van der Waals surface area contributed by atoms with E-state index in [2.05, 4.69) is 18.7 Å². The van der Waals surface area contributed by atoms with Gasteiger partial charge in [-0.15, -0.1) is 0 Å². The van der Waals surface area contributed by atoms with E-state index in [0.29, 0.717) is 19.6 Å². The number of hydrogen-bond donors (Lipinski definition) is 1. The summed E-state index contributed by atoms with van der Waals surface area (Å²) in [6.45, 7) is 6.65. The molecule has 0 saturated carbocycles. The molecule has 0 atom stereocenters. The predicted molar refractivity (Wildman–Crippen MR) is 67.3 cm³/mol. The normalized spacial score (nSPS) is 18.9. The van der Waals surface area contributed by atoms with Gasteiger partial charge >= 0.3 is 6.18 Å². The van der Waals surface area contributed by atoms with Crippen molar-refractivity contribution < 1.29 is 13.2 Å². The number of nitrogens with two attached hydrogens (primary N) is 1. The first-order valence-corrected chi connectivity index (χ1v) is 6.43. The van der Waals surface area contributed by atoms with Crippen molar-refractivity contribution in [2.24, 2.45) is 11.1 Å². The number of rotatable bonds is 5. The Hall–Kier alpha value is -0.550. The predicted octanol–water partition coefficient (Wildman–Crippen LogP) is 2.95. The van der Waals surface area contributed by atoms with Crippen LogP contribution in [0, 0.1) is 5.41 Å². The number of halogens is 3. The van der Waals surface area contributed by atoms with E-state index in [1.165, 1.54) is 6.08 Å². The number of hydrogen-bond acceptors (Lipinski definition) is 2. The molecule has 0 spiro atoms. The lowest BCUT2D eigenvalue weighted by Gasteiger charge is -2.29. The summed E-state index contributed by atoms with van der Waals surface area (Å²) >= 11 is 0. The Morgan fingerprint density at radius 1 is 1.33 bits per heavy atom. The van der Waals surface area contributed by atoms with Crippen molar-refractivity contribution in [1.82, 2.24) is 4.90 Å². The van der Waals surface area contributed by atoms with Gasteiger partial charge in [-0.05, 0) is 37.8 Å². The van der Waals surface area contributed by atoms with E-state index >= 15 is 0 Å².